The van der Waals surface area contributed by atoms with Crippen LogP contribution in [0.3, 0.4) is 0 Å². The molecule has 1 fully saturated rings. The Morgan fingerprint density at radius 1 is 1.17 bits per heavy atom. The first-order valence-electron chi connectivity index (χ1n) is 9.87. The SMILES string of the molecule is CN(C)c1ccc(CN(CC2CCCO2)C(=O)c2sc3ccccc3c2Cl)cc1. The molecule has 1 amide bonds. The highest BCUT2D eigenvalue weighted by Gasteiger charge is 2.27. The van der Waals surface area contributed by atoms with Crippen molar-refractivity contribution in [2.24, 2.45) is 0 Å². The van der Waals surface area contributed by atoms with E-state index in [-0.39, 0.29) is 12.0 Å². The van der Waals surface area contributed by atoms with Crippen LogP contribution in [0.2, 0.25) is 5.02 Å². The van der Waals surface area contributed by atoms with E-state index in [1.54, 1.807) is 0 Å². The van der Waals surface area contributed by atoms with Crippen molar-refractivity contribution in [2.75, 3.05) is 32.1 Å². The van der Waals surface area contributed by atoms with Gasteiger partial charge < -0.3 is 14.5 Å². The van der Waals surface area contributed by atoms with Gasteiger partial charge >= 0.3 is 0 Å². The van der Waals surface area contributed by atoms with E-state index in [0.717, 1.165) is 40.8 Å². The number of nitrogens with zero attached hydrogens (tertiary/aromatic N) is 2. The topological polar surface area (TPSA) is 32.8 Å². The first kappa shape index (κ1) is 20.2. The van der Waals surface area contributed by atoms with Gasteiger partial charge in [0.1, 0.15) is 4.88 Å². The molecule has 1 atom stereocenters. The zero-order chi connectivity index (χ0) is 20.4. The molecule has 6 heteroatoms. The summed E-state index contributed by atoms with van der Waals surface area (Å²) in [4.78, 5) is 18.0. The van der Waals surface area contributed by atoms with Crippen molar-refractivity contribution >= 4 is 44.6 Å². The summed E-state index contributed by atoms with van der Waals surface area (Å²) in [5.74, 6) is -0.0246. The van der Waals surface area contributed by atoms with Crippen molar-refractivity contribution < 1.29 is 9.53 Å². The Bertz CT molecular complexity index is 994. The third-order valence-corrected chi connectivity index (χ3v) is 6.95. The summed E-state index contributed by atoms with van der Waals surface area (Å²) in [5, 5.41) is 1.49. The molecule has 29 heavy (non-hydrogen) atoms. The van der Waals surface area contributed by atoms with Crippen LogP contribution < -0.4 is 4.90 Å². The number of amides is 1. The van der Waals surface area contributed by atoms with Gasteiger partial charge in [-0.15, -0.1) is 11.3 Å². The van der Waals surface area contributed by atoms with E-state index in [0.29, 0.717) is 23.0 Å². The molecule has 0 N–H and O–H groups in total. The molecular formula is C23H25ClN2O2S. The fraction of sp³-hybridized carbons (Fsp3) is 0.348. The quantitative estimate of drug-likeness (QED) is 0.524. The largest absolute Gasteiger partial charge is 0.378 e. The predicted molar refractivity (Wildman–Crippen MR) is 121 cm³/mol. The van der Waals surface area contributed by atoms with Crippen molar-refractivity contribution in [1.29, 1.82) is 0 Å². The highest BCUT2D eigenvalue weighted by molar-refractivity contribution is 7.21. The van der Waals surface area contributed by atoms with Crippen LogP contribution in [-0.2, 0) is 11.3 Å². The maximum atomic E-state index is 13.5. The Labute approximate surface area is 180 Å². The van der Waals surface area contributed by atoms with Crippen molar-refractivity contribution in [2.45, 2.75) is 25.5 Å². The Morgan fingerprint density at radius 2 is 1.93 bits per heavy atom. The van der Waals surface area contributed by atoms with E-state index in [4.69, 9.17) is 16.3 Å². The Balaban J connectivity index is 1.61. The highest BCUT2D eigenvalue weighted by Crippen LogP contribution is 2.36. The second kappa shape index (κ2) is 8.74. The molecule has 0 spiro atoms. The van der Waals surface area contributed by atoms with Gasteiger partial charge in [0.05, 0.1) is 11.1 Å². The number of thiophene rings is 1. The summed E-state index contributed by atoms with van der Waals surface area (Å²) in [5.41, 5.74) is 2.23. The average Bonchev–Trinajstić information content (AvgIpc) is 3.35. The van der Waals surface area contributed by atoms with Crippen LogP contribution in [0.4, 0.5) is 5.69 Å². The predicted octanol–water partition coefficient (Wildman–Crippen LogP) is 5.44. The van der Waals surface area contributed by atoms with Crippen molar-refractivity contribution in [3.63, 3.8) is 0 Å². The van der Waals surface area contributed by atoms with Gasteiger partial charge in [-0.25, -0.2) is 0 Å². The molecule has 4 rings (SSSR count). The smallest absolute Gasteiger partial charge is 0.265 e. The molecule has 1 aliphatic heterocycles. The lowest BCUT2D eigenvalue weighted by Gasteiger charge is -2.25. The number of halogens is 1. The second-order valence-corrected chi connectivity index (χ2v) is 9.05. The number of carbonyl (C=O) groups excluding carboxylic acids is 1. The van der Waals surface area contributed by atoms with Crippen LogP contribution >= 0.6 is 22.9 Å². The van der Waals surface area contributed by atoms with Gasteiger partial charge in [0.2, 0.25) is 0 Å². The highest BCUT2D eigenvalue weighted by atomic mass is 35.5. The van der Waals surface area contributed by atoms with Crippen LogP contribution in [0.1, 0.15) is 28.1 Å². The molecule has 1 aromatic heterocycles. The number of hydrogen-bond acceptors (Lipinski definition) is 4. The van der Waals surface area contributed by atoms with Crippen LogP contribution in [0.25, 0.3) is 10.1 Å². The molecule has 0 radical (unpaired) electrons. The van der Waals surface area contributed by atoms with E-state index in [9.17, 15) is 4.79 Å². The number of ether oxygens (including phenoxy) is 1. The molecule has 0 aliphatic carbocycles. The molecule has 2 aromatic carbocycles. The summed E-state index contributed by atoms with van der Waals surface area (Å²) < 4.78 is 6.85. The third-order valence-electron chi connectivity index (χ3n) is 5.29. The molecule has 152 valence electrons. The lowest BCUT2D eigenvalue weighted by Crippen LogP contribution is -2.36. The van der Waals surface area contributed by atoms with Gasteiger partial charge in [0, 0.05) is 49.6 Å². The summed E-state index contributed by atoms with van der Waals surface area (Å²) in [7, 11) is 4.04. The maximum Gasteiger partial charge on any atom is 0.265 e. The third kappa shape index (κ3) is 4.42. The van der Waals surface area contributed by atoms with Gasteiger partial charge in [-0.3, -0.25) is 4.79 Å². The Morgan fingerprint density at radius 3 is 2.59 bits per heavy atom. The standard InChI is InChI=1S/C23H25ClN2O2S/c1-25(2)17-11-9-16(10-12-17)14-26(15-18-6-5-13-28-18)23(27)22-21(24)19-7-3-4-8-20(19)29-22/h3-4,7-12,18H,5-6,13-15H2,1-2H3. The fourth-order valence-corrected chi connectivity index (χ4v) is 5.15. The van der Waals surface area contributed by atoms with E-state index in [2.05, 4.69) is 29.2 Å². The monoisotopic (exact) mass is 428 g/mol. The molecule has 2 heterocycles. The van der Waals surface area contributed by atoms with Crippen LogP contribution in [0.15, 0.2) is 48.5 Å². The van der Waals surface area contributed by atoms with E-state index in [1.807, 2.05) is 43.3 Å². The summed E-state index contributed by atoms with van der Waals surface area (Å²) in [6.07, 6.45) is 2.13. The number of hydrogen-bond donors (Lipinski definition) is 0. The van der Waals surface area contributed by atoms with Crippen molar-refractivity contribution in [3.8, 4) is 0 Å². The Kier molecular flexibility index (Phi) is 6.09. The van der Waals surface area contributed by atoms with Crippen LogP contribution in [-0.4, -0.2) is 44.2 Å². The minimum Gasteiger partial charge on any atom is -0.378 e. The molecule has 1 unspecified atom stereocenters. The molecule has 1 saturated heterocycles. The molecule has 1 aliphatic rings. The normalized spacial score (nSPS) is 16.3. The fourth-order valence-electron chi connectivity index (χ4n) is 3.67. The molecule has 0 bridgehead atoms. The van der Waals surface area contributed by atoms with Gasteiger partial charge in [0.15, 0.2) is 0 Å². The summed E-state index contributed by atoms with van der Waals surface area (Å²) in [6.45, 7) is 1.89. The minimum absolute atomic E-state index is 0.0246. The van der Waals surface area contributed by atoms with E-state index >= 15 is 0 Å². The zero-order valence-electron chi connectivity index (χ0n) is 16.7. The Hall–Kier alpha value is -2.08. The van der Waals surface area contributed by atoms with Gasteiger partial charge in [-0.05, 0) is 36.6 Å². The maximum absolute atomic E-state index is 13.5. The summed E-state index contributed by atoms with van der Waals surface area (Å²) in [6, 6.07) is 16.2. The lowest BCUT2D eigenvalue weighted by molar-refractivity contribution is 0.0511. The minimum atomic E-state index is -0.0246. The van der Waals surface area contributed by atoms with E-state index < -0.39 is 0 Å². The molecule has 0 saturated carbocycles. The van der Waals surface area contributed by atoms with E-state index in [1.165, 1.54) is 11.3 Å². The number of anilines is 1. The second-order valence-electron chi connectivity index (χ2n) is 7.62. The number of rotatable bonds is 6. The van der Waals surface area contributed by atoms with Crippen LogP contribution in [0, 0.1) is 0 Å². The van der Waals surface area contributed by atoms with Crippen molar-refractivity contribution in [3.05, 3.63) is 64.0 Å². The molecule has 4 nitrogen and oxygen atoms in total. The number of benzene rings is 2. The average molecular weight is 429 g/mol. The van der Waals surface area contributed by atoms with Gasteiger partial charge in [0.25, 0.3) is 5.91 Å². The molecule has 3 aromatic rings. The number of carbonyl (C=O) groups is 1. The molecular weight excluding hydrogens is 404 g/mol. The van der Waals surface area contributed by atoms with Gasteiger partial charge in [-0.1, -0.05) is 41.9 Å². The first-order valence-corrected chi connectivity index (χ1v) is 11.1. The number of fused-ring (bicyclic) bond motifs is 1. The first-order chi connectivity index (χ1) is 14.0. The summed E-state index contributed by atoms with van der Waals surface area (Å²) >= 11 is 8.06. The van der Waals surface area contributed by atoms with Crippen LogP contribution in [0.5, 0.6) is 0 Å². The van der Waals surface area contributed by atoms with Crippen molar-refractivity contribution in [1.82, 2.24) is 4.90 Å². The zero-order valence-corrected chi connectivity index (χ0v) is 18.3. The lowest BCUT2D eigenvalue weighted by atomic mass is 10.1. The van der Waals surface area contributed by atoms with Gasteiger partial charge in [-0.2, -0.15) is 0 Å².